The zero-order valence-corrected chi connectivity index (χ0v) is 12.2. The van der Waals surface area contributed by atoms with E-state index in [9.17, 15) is 9.18 Å². The van der Waals surface area contributed by atoms with E-state index in [2.05, 4.69) is 21.2 Å². The van der Waals surface area contributed by atoms with Gasteiger partial charge in [0.05, 0.1) is 12.0 Å². The van der Waals surface area contributed by atoms with Gasteiger partial charge in [-0.1, -0.05) is 34.1 Å². The van der Waals surface area contributed by atoms with Gasteiger partial charge in [-0.25, -0.2) is 4.39 Å². The van der Waals surface area contributed by atoms with Crippen LogP contribution in [0.4, 0.5) is 4.39 Å². The Balaban J connectivity index is 1.98. The Bertz CT molecular complexity index is 447. The monoisotopic (exact) mass is 329 g/mol. The second kappa shape index (κ2) is 6.48. The molecule has 1 aromatic rings. The Morgan fingerprint density at radius 2 is 2.05 bits per heavy atom. The van der Waals surface area contributed by atoms with Crippen LogP contribution >= 0.6 is 15.9 Å². The highest BCUT2D eigenvalue weighted by molar-refractivity contribution is 9.09. The molecule has 19 heavy (non-hydrogen) atoms. The molecule has 3 nitrogen and oxygen atoms in total. The number of amides is 1. The molecule has 1 aliphatic rings. The lowest BCUT2D eigenvalue weighted by Gasteiger charge is -2.36. The van der Waals surface area contributed by atoms with Crippen molar-refractivity contribution in [3.05, 3.63) is 35.6 Å². The molecule has 1 N–H and O–H groups in total. The number of carbonyl (C=O) groups is 1. The van der Waals surface area contributed by atoms with Gasteiger partial charge in [0.15, 0.2) is 0 Å². The first-order chi connectivity index (χ1) is 9.15. The van der Waals surface area contributed by atoms with Gasteiger partial charge in [-0.2, -0.15) is 0 Å². The van der Waals surface area contributed by atoms with Crippen LogP contribution in [-0.4, -0.2) is 30.0 Å². The summed E-state index contributed by atoms with van der Waals surface area (Å²) in [5, 5.41) is 3.71. The van der Waals surface area contributed by atoms with Crippen LogP contribution in [-0.2, 0) is 16.0 Å². The lowest BCUT2D eigenvalue weighted by molar-refractivity contribution is -0.123. The predicted octanol–water partition coefficient (Wildman–Crippen LogP) is 2.43. The molecule has 2 rings (SSSR count). The number of alkyl halides is 1. The molecule has 0 atom stereocenters. The number of benzene rings is 1. The second-order valence-electron chi connectivity index (χ2n) is 4.84. The molecule has 1 heterocycles. The van der Waals surface area contributed by atoms with Crippen molar-refractivity contribution in [1.29, 1.82) is 0 Å². The Labute approximate surface area is 120 Å². The third-order valence-corrected chi connectivity index (χ3v) is 4.49. The van der Waals surface area contributed by atoms with Gasteiger partial charge in [-0.15, -0.1) is 0 Å². The highest BCUT2D eigenvalue weighted by atomic mass is 79.9. The fraction of sp³-hybridized carbons (Fsp3) is 0.500. The average Bonchev–Trinajstić information content (AvgIpc) is 2.42. The van der Waals surface area contributed by atoms with Crippen LogP contribution in [0.2, 0.25) is 0 Å². The summed E-state index contributed by atoms with van der Waals surface area (Å²) in [4.78, 5) is 12.1. The topological polar surface area (TPSA) is 38.3 Å². The van der Waals surface area contributed by atoms with E-state index in [0.29, 0.717) is 24.1 Å². The van der Waals surface area contributed by atoms with Crippen LogP contribution < -0.4 is 5.32 Å². The van der Waals surface area contributed by atoms with Crippen molar-refractivity contribution in [2.45, 2.75) is 24.8 Å². The molecule has 1 aromatic carbocycles. The fourth-order valence-electron chi connectivity index (χ4n) is 2.21. The van der Waals surface area contributed by atoms with Crippen LogP contribution in [0.15, 0.2) is 24.3 Å². The molecule has 1 aliphatic heterocycles. The Kier molecular flexibility index (Phi) is 4.93. The van der Waals surface area contributed by atoms with Gasteiger partial charge in [-0.05, 0) is 24.5 Å². The van der Waals surface area contributed by atoms with E-state index in [0.717, 1.165) is 12.8 Å². The van der Waals surface area contributed by atoms with Gasteiger partial charge >= 0.3 is 0 Å². The number of nitrogens with one attached hydrogen (secondary N) is 1. The first-order valence-corrected chi connectivity index (χ1v) is 7.45. The first-order valence-electron chi connectivity index (χ1n) is 6.33. The minimum Gasteiger partial charge on any atom is -0.381 e. The molecule has 1 fully saturated rings. The van der Waals surface area contributed by atoms with E-state index >= 15 is 0 Å². The molecule has 104 valence electrons. The third-order valence-electron chi connectivity index (χ3n) is 3.42. The van der Waals surface area contributed by atoms with Gasteiger partial charge in [-0.3, -0.25) is 4.79 Å². The zero-order valence-electron chi connectivity index (χ0n) is 10.6. The van der Waals surface area contributed by atoms with Crippen LogP contribution in [0, 0.1) is 5.82 Å². The number of halogens is 2. The molecule has 5 heteroatoms. The van der Waals surface area contributed by atoms with E-state index in [-0.39, 0.29) is 23.7 Å². The summed E-state index contributed by atoms with van der Waals surface area (Å²) in [6.07, 6.45) is 1.63. The van der Waals surface area contributed by atoms with Crippen molar-refractivity contribution in [3.63, 3.8) is 0 Å². The maximum atomic E-state index is 13.5. The molecule has 0 unspecified atom stereocenters. The number of hydrogen-bond acceptors (Lipinski definition) is 2. The Hall–Kier alpha value is -0.940. The second-order valence-corrected chi connectivity index (χ2v) is 5.40. The SMILES string of the molecule is O=C(Cc1ccccc1F)NC1(CBr)CCOCC1. The summed E-state index contributed by atoms with van der Waals surface area (Å²) in [5.74, 6) is -0.482. The molecular weight excluding hydrogens is 313 g/mol. The minimum absolute atomic E-state index is 0.0717. The van der Waals surface area contributed by atoms with Gasteiger partial charge in [0.25, 0.3) is 0 Å². The van der Waals surface area contributed by atoms with Gasteiger partial charge < -0.3 is 10.1 Å². The maximum absolute atomic E-state index is 13.5. The summed E-state index contributed by atoms with van der Waals surface area (Å²) in [6, 6.07) is 6.37. The summed E-state index contributed by atoms with van der Waals surface area (Å²) in [5.41, 5.74) is 0.164. The number of carbonyl (C=O) groups excluding carboxylic acids is 1. The first kappa shape index (κ1) is 14.5. The number of ether oxygens (including phenoxy) is 1. The molecule has 0 saturated carbocycles. The zero-order chi connectivity index (χ0) is 13.7. The smallest absolute Gasteiger partial charge is 0.224 e. The van der Waals surface area contributed by atoms with E-state index in [4.69, 9.17) is 4.74 Å². The molecule has 0 aromatic heterocycles. The summed E-state index contributed by atoms with van der Waals surface area (Å²) < 4.78 is 18.8. The van der Waals surface area contributed by atoms with Crippen molar-refractivity contribution in [3.8, 4) is 0 Å². The fourth-order valence-corrected chi connectivity index (χ4v) is 2.91. The quantitative estimate of drug-likeness (QED) is 0.861. The van der Waals surface area contributed by atoms with Crippen molar-refractivity contribution in [2.24, 2.45) is 0 Å². The lowest BCUT2D eigenvalue weighted by Crippen LogP contribution is -2.53. The molecule has 0 spiro atoms. The van der Waals surface area contributed by atoms with Crippen molar-refractivity contribution >= 4 is 21.8 Å². The van der Waals surface area contributed by atoms with Crippen LogP contribution in [0.5, 0.6) is 0 Å². The maximum Gasteiger partial charge on any atom is 0.224 e. The van der Waals surface area contributed by atoms with Crippen molar-refractivity contribution in [1.82, 2.24) is 5.32 Å². The molecular formula is C14H17BrFNO2. The van der Waals surface area contributed by atoms with Gasteiger partial charge in [0.1, 0.15) is 5.82 Å². The summed E-state index contributed by atoms with van der Waals surface area (Å²) in [6.45, 7) is 1.29. The van der Waals surface area contributed by atoms with Gasteiger partial charge in [0, 0.05) is 18.5 Å². The van der Waals surface area contributed by atoms with E-state index in [1.54, 1.807) is 18.2 Å². The van der Waals surface area contributed by atoms with E-state index in [1.807, 2.05) is 0 Å². The van der Waals surface area contributed by atoms with E-state index in [1.165, 1.54) is 6.07 Å². The van der Waals surface area contributed by atoms with Crippen molar-refractivity contribution < 1.29 is 13.9 Å². The molecule has 0 aliphatic carbocycles. The Morgan fingerprint density at radius 1 is 1.37 bits per heavy atom. The number of hydrogen-bond donors (Lipinski definition) is 1. The van der Waals surface area contributed by atoms with E-state index < -0.39 is 0 Å². The highest BCUT2D eigenvalue weighted by Crippen LogP contribution is 2.23. The predicted molar refractivity (Wildman–Crippen MR) is 74.8 cm³/mol. The third kappa shape index (κ3) is 3.76. The lowest BCUT2D eigenvalue weighted by atomic mass is 9.92. The van der Waals surface area contributed by atoms with Gasteiger partial charge in [0.2, 0.25) is 5.91 Å². The minimum atomic E-state index is -0.336. The summed E-state index contributed by atoms with van der Waals surface area (Å²) >= 11 is 3.45. The average molecular weight is 330 g/mol. The van der Waals surface area contributed by atoms with Crippen molar-refractivity contribution in [2.75, 3.05) is 18.5 Å². The van der Waals surface area contributed by atoms with Crippen LogP contribution in [0.3, 0.4) is 0 Å². The molecule has 0 bridgehead atoms. The number of rotatable bonds is 4. The van der Waals surface area contributed by atoms with Crippen LogP contribution in [0.25, 0.3) is 0 Å². The molecule has 1 amide bonds. The normalized spacial score (nSPS) is 18.0. The standard InChI is InChI=1S/C14H17BrFNO2/c15-10-14(5-7-19-8-6-14)17-13(18)9-11-3-1-2-4-12(11)16/h1-4H,5-10H2,(H,17,18). The van der Waals surface area contributed by atoms with Crippen LogP contribution in [0.1, 0.15) is 18.4 Å². The molecule has 0 radical (unpaired) electrons. The Morgan fingerprint density at radius 3 is 2.68 bits per heavy atom. The summed E-state index contributed by atoms with van der Waals surface area (Å²) in [7, 11) is 0. The largest absolute Gasteiger partial charge is 0.381 e. The molecule has 1 saturated heterocycles. The highest BCUT2D eigenvalue weighted by Gasteiger charge is 2.33.